The molecule has 2 aromatic carbocycles. The number of nitrogens with one attached hydrogen (secondary N) is 1. The fourth-order valence-corrected chi connectivity index (χ4v) is 1.74. The molecule has 0 aliphatic heterocycles. The Hall–Kier alpha value is -2.36. The Morgan fingerprint density at radius 2 is 1.80 bits per heavy atom. The highest BCUT2D eigenvalue weighted by atomic mass is 16.3. The molecule has 2 rings (SSSR count). The van der Waals surface area contributed by atoms with Gasteiger partial charge >= 0.3 is 0 Å². The molecule has 0 atom stereocenters. The highest BCUT2D eigenvalue weighted by Crippen LogP contribution is 2.24. The molecule has 2 N–H and O–H groups in total. The minimum Gasteiger partial charge on any atom is -0.507 e. The number of phenols is 1. The molecule has 0 radical (unpaired) electrons. The van der Waals surface area contributed by atoms with Gasteiger partial charge in [0.15, 0.2) is 0 Å². The summed E-state index contributed by atoms with van der Waals surface area (Å²) < 4.78 is 0. The van der Waals surface area contributed by atoms with Crippen molar-refractivity contribution in [2.24, 2.45) is 11.0 Å². The van der Waals surface area contributed by atoms with Crippen LogP contribution in [0.3, 0.4) is 0 Å². The van der Waals surface area contributed by atoms with Gasteiger partial charge in [0.25, 0.3) is 5.91 Å². The van der Waals surface area contributed by atoms with Crippen LogP contribution in [0.25, 0.3) is 10.8 Å². The lowest BCUT2D eigenvalue weighted by atomic mass is 10.1. The van der Waals surface area contributed by atoms with Crippen molar-refractivity contribution in [3.63, 3.8) is 0 Å². The molecule has 0 spiro atoms. The lowest BCUT2D eigenvalue weighted by molar-refractivity contribution is 0.0952. The van der Waals surface area contributed by atoms with E-state index < -0.39 is 5.91 Å². The monoisotopic (exact) mass is 270 g/mol. The zero-order valence-electron chi connectivity index (χ0n) is 11.8. The summed E-state index contributed by atoms with van der Waals surface area (Å²) in [5.74, 6) is -0.188. The van der Waals surface area contributed by atoms with Crippen LogP contribution in [0.5, 0.6) is 5.75 Å². The van der Waals surface area contributed by atoms with Crippen LogP contribution in [0.2, 0.25) is 0 Å². The minimum absolute atomic E-state index is 0.0430. The lowest BCUT2D eigenvalue weighted by Crippen LogP contribution is -2.20. The molecule has 0 heterocycles. The average Bonchev–Trinajstić information content (AvgIpc) is 2.43. The molecule has 0 aliphatic carbocycles. The first kappa shape index (κ1) is 14.1. The number of carbonyl (C=O) groups excluding carboxylic acids is 1. The maximum Gasteiger partial charge on any atom is 0.275 e. The first-order valence-electron chi connectivity index (χ1n) is 6.55. The van der Waals surface area contributed by atoms with Crippen molar-refractivity contribution in [1.29, 1.82) is 0 Å². The Labute approximate surface area is 118 Å². The van der Waals surface area contributed by atoms with Gasteiger partial charge in [-0.25, -0.2) is 5.43 Å². The summed E-state index contributed by atoms with van der Waals surface area (Å²) in [5.41, 5.74) is 3.53. The van der Waals surface area contributed by atoms with Crippen LogP contribution in [-0.2, 0) is 0 Å². The normalized spacial score (nSPS) is 11.9. The molecule has 1 amide bonds. The predicted molar refractivity (Wildman–Crippen MR) is 81.0 cm³/mol. The third-order valence-corrected chi connectivity index (χ3v) is 3.28. The van der Waals surface area contributed by atoms with E-state index in [1.54, 1.807) is 12.1 Å². The van der Waals surface area contributed by atoms with Gasteiger partial charge in [0.2, 0.25) is 0 Å². The van der Waals surface area contributed by atoms with Crippen molar-refractivity contribution >= 4 is 22.4 Å². The number of phenolic OH excluding ortho intramolecular Hbond substituents is 1. The third kappa shape index (κ3) is 2.96. The van der Waals surface area contributed by atoms with Gasteiger partial charge in [0.05, 0.1) is 5.56 Å². The van der Waals surface area contributed by atoms with Gasteiger partial charge in [-0.15, -0.1) is 0 Å². The van der Waals surface area contributed by atoms with Crippen molar-refractivity contribution in [2.45, 2.75) is 20.8 Å². The number of carbonyl (C=O) groups is 1. The molecule has 104 valence electrons. The smallest absolute Gasteiger partial charge is 0.275 e. The van der Waals surface area contributed by atoms with E-state index in [0.717, 1.165) is 16.5 Å². The zero-order chi connectivity index (χ0) is 14.7. The Balaban J connectivity index is 2.30. The zero-order valence-corrected chi connectivity index (χ0v) is 11.8. The Morgan fingerprint density at radius 3 is 2.40 bits per heavy atom. The summed E-state index contributed by atoms with van der Waals surface area (Å²) >= 11 is 0. The molecule has 20 heavy (non-hydrogen) atoms. The first-order chi connectivity index (χ1) is 9.49. The number of hydrogen-bond donors (Lipinski definition) is 2. The number of nitrogens with zero attached hydrogens (tertiary/aromatic N) is 1. The SMILES string of the molecule is CC(=NNC(=O)c1cc2ccccc2cc1O)C(C)C. The maximum atomic E-state index is 12.1. The Bertz CT molecular complexity index is 675. The van der Waals surface area contributed by atoms with E-state index in [2.05, 4.69) is 10.5 Å². The molecule has 0 bridgehead atoms. The Morgan fingerprint density at radius 1 is 1.20 bits per heavy atom. The van der Waals surface area contributed by atoms with Crippen LogP contribution >= 0.6 is 0 Å². The lowest BCUT2D eigenvalue weighted by Gasteiger charge is -2.07. The number of hydrogen-bond acceptors (Lipinski definition) is 3. The second kappa shape index (κ2) is 5.74. The number of benzene rings is 2. The van der Waals surface area contributed by atoms with Gasteiger partial charge < -0.3 is 5.11 Å². The first-order valence-corrected chi connectivity index (χ1v) is 6.55. The highest BCUT2D eigenvalue weighted by Gasteiger charge is 2.12. The van der Waals surface area contributed by atoms with Gasteiger partial charge in [-0.1, -0.05) is 38.1 Å². The van der Waals surface area contributed by atoms with Gasteiger partial charge in [0.1, 0.15) is 5.75 Å². The van der Waals surface area contributed by atoms with Gasteiger partial charge in [-0.05, 0) is 35.7 Å². The van der Waals surface area contributed by atoms with E-state index in [4.69, 9.17) is 0 Å². The summed E-state index contributed by atoms with van der Waals surface area (Å²) in [4.78, 5) is 12.1. The van der Waals surface area contributed by atoms with Crippen LogP contribution in [-0.4, -0.2) is 16.7 Å². The largest absolute Gasteiger partial charge is 0.507 e. The molecule has 2 aromatic rings. The van der Waals surface area contributed by atoms with E-state index in [1.165, 1.54) is 0 Å². The highest BCUT2D eigenvalue weighted by molar-refractivity contribution is 6.01. The van der Waals surface area contributed by atoms with Crippen molar-refractivity contribution in [3.05, 3.63) is 42.0 Å². The predicted octanol–water partition coefficient (Wildman–Crippen LogP) is 3.31. The van der Waals surface area contributed by atoms with Crippen molar-refractivity contribution in [1.82, 2.24) is 5.43 Å². The quantitative estimate of drug-likeness (QED) is 0.664. The molecule has 0 fully saturated rings. The second-order valence-corrected chi connectivity index (χ2v) is 5.07. The van der Waals surface area contributed by atoms with Gasteiger partial charge in [-0.2, -0.15) is 5.10 Å². The Kier molecular flexibility index (Phi) is 4.03. The molecule has 4 heteroatoms. The van der Waals surface area contributed by atoms with Crippen molar-refractivity contribution < 1.29 is 9.90 Å². The second-order valence-electron chi connectivity index (χ2n) is 5.07. The summed E-state index contributed by atoms with van der Waals surface area (Å²) in [6.07, 6.45) is 0. The molecular weight excluding hydrogens is 252 g/mol. The summed E-state index contributed by atoms with van der Waals surface area (Å²) in [6.45, 7) is 5.85. The minimum atomic E-state index is -0.409. The molecule has 4 nitrogen and oxygen atoms in total. The average molecular weight is 270 g/mol. The van der Waals surface area contributed by atoms with Crippen LogP contribution in [0, 0.1) is 5.92 Å². The summed E-state index contributed by atoms with van der Waals surface area (Å²) in [5, 5.41) is 15.8. The van der Waals surface area contributed by atoms with Crippen LogP contribution in [0.15, 0.2) is 41.5 Å². The number of aromatic hydroxyl groups is 1. The molecule has 0 saturated carbocycles. The van der Waals surface area contributed by atoms with Crippen molar-refractivity contribution in [2.75, 3.05) is 0 Å². The molecule has 0 aliphatic rings. The van der Waals surface area contributed by atoms with Crippen LogP contribution in [0.1, 0.15) is 31.1 Å². The van der Waals surface area contributed by atoms with E-state index in [1.807, 2.05) is 45.0 Å². The molecule has 0 aromatic heterocycles. The fraction of sp³-hybridized carbons (Fsp3) is 0.250. The van der Waals surface area contributed by atoms with E-state index in [0.29, 0.717) is 0 Å². The van der Waals surface area contributed by atoms with Crippen molar-refractivity contribution in [3.8, 4) is 5.75 Å². The maximum absolute atomic E-state index is 12.1. The molecule has 0 saturated heterocycles. The van der Waals surface area contributed by atoms with E-state index in [9.17, 15) is 9.90 Å². The fourth-order valence-electron chi connectivity index (χ4n) is 1.74. The topological polar surface area (TPSA) is 61.7 Å². The number of hydrazone groups is 1. The summed E-state index contributed by atoms with van der Waals surface area (Å²) in [7, 11) is 0. The third-order valence-electron chi connectivity index (χ3n) is 3.28. The van der Waals surface area contributed by atoms with Crippen LogP contribution in [0.4, 0.5) is 0 Å². The van der Waals surface area contributed by atoms with Gasteiger partial charge in [-0.3, -0.25) is 4.79 Å². The van der Waals surface area contributed by atoms with Gasteiger partial charge in [0, 0.05) is 5.71 Å². The molecular formula is C16H18N2O2. The van der Waals surface area contributed by atoms with Crippen LogP contribution < -0.4 is 5.43 Å². The van der Waals surface area contributed by atoms with E-state index >= 15 is 0 Å². The number of rotatable bonds is 3. The molecule has 0 unspecified atom stereocenters. The van der Waals surface area contributed by atoms with E-state index in [-0.39, 0.29) is 17.2 Å². The number of amides is 1. The summed E-state index contributed by atoms with van der Waals surface area (Å²) in [6, 6.07) is 10.8. The standard InChI is InChI=1S/C16H18N2O2/c1-10(2)11(3)17-18-16(20)14-8-12-6-4-5-7-13(12)9-15(14)19/h4-10,19H,1-3H3,(H,18,20). The number of fused-ring (bicyclic) bond motifs is 1.